The second-order valence-electron chi connectivity index (χ2n) is 10.0. The van der Waals surface area contributed by atoms with Gasteiger partial charge >= 0.3 is 0 Å². The number of aromatic nitrogens is 2. The maximum Gasteiger partial charge on any atom is 0.221 e. The number of benzene rings is 2. The first-order chi connectivity index (χ1) is 18.3. The molecular formula is C31H33N5O2. The third-order valence-corrected chi connectivity index (χ3v) is 7.23. The van der Waals surface area contributed by atoms with Crippen LogP contribution in [-0.4, -0.2) is 59.8 Å². The van der Waals surface area contributed by atoms with Crippen molar-refractivity contribution in [2.75, 3.05) is 43.4 Å². The van der Waals surface area contributed by atoms with Gasteiger partial charge in [-0.15, -0.1) is 0 Å². The first-order valence-electron chi connectivity index (χ1n) is 12.9. The molecule has 0 atom stereocenters. The van der Waals surface area contributed by atoms with E-state index >= 15 is 0 Å². The number of hydrogen-bond acceptors (Lipinski definition) is 5. The third-order valence-electron chi connectivity index (χ3n) is 7.23. The number of fused-ring (bicyclic) bond motifs is 1. The quantitative estimate of drug-likeness (QED) is 0.336. The molecule has 0 saturated carbocycles. The number of hydrogen-bond donors (Lipinski definition) is 2. The van der Waals surface area contributed by atoms with Crippen molar-refractivity contribution in [3.8, 4) is 22.4 Å². The number of amides is 1. The van der Waals surface area contributed by atoms with E-state index in [2.05, 4.69) is 75.1 Å². The molecule has 1 fully saturated rings. The number of aromatic amines is 1. The first kappa shape index (κ1) is 25.4. The summed E-state index contributed by atoms with van der Waals surface area (Å²) in [5.74, 6) is -0.165. The molecule has 4 aromatic rings. The van der Waals surface area contributed by atoms with E-state index in [4.69, 9.17) is 0 Å². The number of carbonyl (C=O) groups is 2. The zero-order valence-corrected chi connectivity index (χ0v) is 22.2. The van der Waals surface area contributed by atoms with Crippen molar-refractivity contribution in [2.45, 2.75) is 20.3 Å². The fourth-order valence-corrected chi connectivity index (χ4v) is 5.04. The predicted molar refractivity (Wildman–Crippen MR) is 155 cm³/mol. The largest absolute Gasteiger partial charge is 0.369 e. The molecule has 5 rings (SSSR count). The first-order valence-corrected chi connectivity index (χ1v) is 12.9. The number of piperazine rings is 1. The van der Waals surface area contributed by atoms with Crippen LogP contribution in [0.1, 0.15) is 18.1 Å². The Kier molecular flexibility index (Phi) is 7.11. The average Bonchev–Trinajstić information content (AvgIpc) is 3.29. The van der Waals surface area contributed by atoms with Crippen LogP contribution in [0, 0.1) is 6.92 Å². The number of likely N-dealkylation sites (N-methyl/N-ethyl adjacent to an activating group) is 1. The Morgan fingerprint density at radius 2 is 1.76 bits per heavy atom. The Morgan fingerprint density at radius 1 is 1.05 bits per heavy atom. The van der Waals surface area contributed by atoms with Gasteiger partial charge in [0.1, 0.15) is 5.65 Å². The normalized spacial score (nSPS) is 14.0. The highest BCUT2D eigenvalue weighted by Gasteiger charge is 2.19. The van der Waals surface area contributed by atoms with Crippen molar-refractivity contribution in [1.82, 2.24) is 14.9 Å². The van der Waals surface area contributed by atoms with Crippen LogP contribution in [0.3, 0.4) is 0 Å². The number of aryl methyl sites for hydroxylation is 1. The second-order valence-corrected chi connectivity index (χ2v) is 10.0. The van der Waals surface area contributed by atoms with Crippen molar-refractivity contribution >= 4 is 34.1 Å². The number of anilines is 2. The maximum atomic E-state index is 12.2. The lowest BCUT2D eigenvalue weighted by Crippen LogP contribution is -2.44. The summed E-state index contributed by atoms with van der Waals surface area (Å²) in [5.41, 5.74) is 8.55. The number of nitrogens with one attached hydrogen (secondary N) is 2. The van der Waals surface area contributed by atoms with Gasteiger partial charge in [-0.05, 0) is 60.5 Å². The van der Waals surface area contributed by atoms with Crippen LogP contribution in [0.25, 0.3) is 33.4 Å². The minimum absolute atomic E-state index is 0.0153. The van der Waals surface area contributed by atoms with Crippen LogP contribution < -0.4 is 10.2 Å². The number of rotatable bonds is 7. The molecule has 0 aliphatic carbocycles. The van der Waals surface area contributed by atoms with Crippen LogP contribution in [0.5, 0.6) is 0 Å². The van der Waals surface area contributed by atoms with Crippen molar-refractivity contribution in [3.05, 3.63) is 78.5 Å². The summed E-state index contributed by atoms with van der Waals surface area (Å²) in [4.78, 5) is 36.8. The monoisotopic (exact) mass is 507 g/mol. The van der Waals surface area contributed by atoms with E-state index in [9.17, 15) is 9.59 Å². The van der Waals surface area contributed by atoms with Crippen LogP contribution in [0.4, 0.5) is 11.4 Å². The molecule has 38 heavy (non-hydrogen) atoms. The second kappa shape index (κ2) is 10.6. The summed E-state index contributed by atoms with van der Waals surface area (Å²) in [5, 5.41) is 3.75. The molecule has 194 valence electrons. The fraction of sp³-hybridized carbons (Fsp3) is 0.258. The van der Waals surface area contributed by atoms with Gasteiger partial charge < -0.3 is 20.1 Å². The molecule has 2 aromatic carbocycles. The SMILES string of the molecule is C=CC(=O)Cc1cc(-c2c(-c3ccc(N4CCN(C)CC4)cc3)[nH]c3ncc(NC(C)=O)cc23)ccc1C. The topological polar surface area (TPSA) is 81.3 Å². The zero-order chi connectivity index (χ0) is 26.8. The lowest BCUT2D eigenvalue weighted by atomic mass is 9.93. The van der Waals surface area contributed by atoms with E-state index in [1.54, 1.807) is 6.20 Å². The Bertz CT molecular complexity index is 1510. The number of pyridine rings is 1. The van der Waals surface area contributed by atoms with Gasteiger partial charge in [0.15, 0.2) is 5.78 Å². The van der Waals surface area contributed by atoms with Crippen LogP contribution in [-0.2, 0) is 16.0 Å². The molecule has 3 heterocycles. The lowest BCUT2D eigenvalue weighted by Gasteiger charge is -2.34. The highest BCUT2D eigenvalue weighted by molar-refractivity contribution is 6.04. The summed E-state index contributed by atoms with van der Waals surface area (Å²) in [6.45, 7) is 11.3. The smallest absolute Gasteiger partial charge is 0.221 e. The van der Waals surface area contributed by atoms with Crippen molar-refractivity contribution in [2.24, 2.45) is 0 Å². The Hall–Kier alpha value is -4.23. The van der Waals surface area contributed by atoms with Gasteiger partial charge in [-0.25, -0.2) is 4.98 Å². The number of allylic oxidation sites excluding steroid dienone is 1. The van der Waals surface area contributed by atoms with E-state index in [-0.39, 0.29) is 11.7 Å². The van der Waals surface area contributed by atoms with Crippen LogP contribution in [0.15, 0.2) is 67.4 Å². The molecule has 0 unspecified atom stereocenters. The molecule has 1 aliphatic rings. The zero-order valence-electron chi connectivity index (χ0n) is 22.2. The van der Waals surface area contributed by atoms with Crippen molar-refractivity contribution in [3.63, 3.8) is 0 Å². The lowest BCUT2D eigenvalue weighted by molar-refractivity contribution is -0.114. The molecule has 2 aromatic heterocycles. The molecule has 0 spiro atoms. The fourth-order valence-electron chi connectivity index (χ4n) is 5.04. The van der Waals surface area contributed by atoms with Gasteiger partial charge in [-0.2, -0.15) is 0 Å². The van der Waals surface area contributed by atoms with E-state index in [0.29, 0.717) is 12.1 Å². The number of nitrogens with zero attached hydrogens (tertiary/aromatic N) is 3. The summed E-state index contributed by atoms with van der Waals surface area (Å²) in [6, 6.07) is 16.8. The molecule has 1 saturated heterocycles. The standard InChI is InChI=1S/C31H33N5O2/c1-5-27(38)17-24-16-23(7-6-20(24)2)29-28-18-25(33-21(3)37)19-32-31(28)34-30(29)22-8-10-26(11-9-22)36-14-12-35(4)13-15-36/h5-11,16,18-19H,1,12-15,17H2,2-4H3,(H,32,34)(H,33,37). The highest BCUT2D eigenvalue weighted by atomic mass is 16.1. The van der Waals surface area contributed by atoms with Gasteiger partial charge in [0.2, 0.25) is 5.91 Å². The van der Waals surface area contributed by atoms with Gasteiger partial charge in [-0.1, -0.05) is 36.9 Å². The minimum Gasteiger partial charge on any atom is -0.369 e. The Labute approximate surface area is 223 Å². The average molecular weight is 508 g/mol. The van der Waals surface area contributed by atoms with Crippen LogP contribution >= 0.6 is 0 Å². The van der Waals surface area contributed by atoms with Gasteiger partial charge in [0.25, 0.3) is 0 Å². The van der Waals surface area contributed by atoms with E-state index < -0.39 is 0 Å². The van der Waals surface area contributed by atoms with Gasteiger partial charge in [-0.3, -0.25) is 9.59 Å². The molecule has 1 aliphatic heterocycles. The number of carbonyl (C=O) groups excluding carboxylic acids is 2. The molecule has 7 nitrogen and oxygen atoms in total. The summed E-state index contributed by atoms with van der Waals surface area (Å²) >= 11 is 0. The third kappa shape index (κ3) is 5.24. The van der Waals surface area contributed by atoms with Gasteiger partial charge in [0, 0.05) is 56.2 Å². The summed E-state index contributed by atoms with van der Waals surface area (Å²) in [7, 11) is 2.16. The summed E-state index contributed by atoms with van der Waals surface area (Å²) < 4.78 is 0. The van der Waals surface area contributed by atoms with Crippen molar-refractivity contribution < 1.29 is 9.59 Å². The van der Waals surface area contributed by atoms with E-state index in [1.807, 2.05) is 19.1 Å². The Morgan fingerprint density at radius 3 is 2.45 bits per heavy atom. The van der Waals surface area contributed by atoms with Crippen LogP contribution in [0.2, 0.25) is 0 Å². The van der Waals surface area contributed by atoms with Gasteiger partial charge in [0.05, 0.1) is 17.6 Å². The molecular weight excluding hydrogens is 474 g/mol. The number of ketones is 1. The molecule has 2 N–H and O–H groups in total. The molecule has 0 radical (unpaired) electrons. The minimum atomic E-state index is -0.150. The van der Waals surface area contributed by atoms with E-state index in [1.165, 1.54) is 18.7 Å². The van der Waals surface area contributed by atoms with E-state index in [0.717, 1.165) is 70.7 Å². The molecule has 7 heteroatoms. The Balaban J connectivity index is 1.62. The van der Waals surface area contributed by atoms with Crippen molar-refractivity contribution in [1.29, 1.82) is 0 Å². The molecule has 0 bridgehead atoms. The molecule has 1 amide bonds. The number of H-pyrrole nitrogens is 1. The maximum absolute atomic E-state index is 12.2. The summed E-state index contributed by atoms with van der Waals surface area (Å²) in [6.07, 6.45) is 3.33. The highest BCUT2D eigenvalue weighted by Crippen LogP contribution is 2.40. The predicted octanol–water partition coefficient (Wildman–Crippen LogP) is 5.21.